The molecule has 22 heavy (non-hydrogen) atoms. The molecule has 0 saturated heterocycles. The molecule has 0 aliphatic carbocycles. The zero-order valence-corrected chi connectivity index (χ0v) is 20.7. The summed E-state index contributed by atoms with van der Waals surface area (Å²) in [5, 5.41) is 3.19. The van der Waals surface area contributed by atoms with Gasteiger partial charge in [0.15, 0.2) is 10.1 Å². The van der Waals surface area contributed by atoms with Crippen LogP contribution in [-0.2, 0) is 0 Å². The number of aryl methyl sites for hydroxylation is 1. The number of aliphatic imine (C=N–C) groups is 2. The van der Waals surface area contributed by atoms with E-state index in [0.717, 1.165) is 16.9 Å². The summed E-state index contributed by atoms with van der Waals surface area (Å²) in [5.74, 6) is 2.52. The van der Waals surface area contributed by atoms with Crippen molar-refractivity contribution in [3.63, 3.8) is 0 Å². The second kappa shape index (κ2) is 7.11. The third kappa shape index (κ3) is 4.56. The Kier molecular flexibility index (Phi) is 6.26. The van der Waals surface area contributed by atoms with Crippen LogP contribution in [0.25, 0.3) is 5.57 Å². The molecule has 1 aromatic rings. The monoisotopic (exact) mass is 685 g/mol. The topological polar surface area (TPSA) is 49.9 Å². The summed E-state index contributed by atoms with van der Waals surface area (Å²) in [5.41, 5.74) is 1.92. The second-order valence-corrected chi connectivity index (χ2v) is 17.9. The van der Waals surface area contributed by atoms with Crippen molar-refractivity contribution in [3.8, 4) is 0 Å². The van der Waals surface area contributed by atoms with E-state index in [2.05, 4.69) is 111 Å². The van der Waals surface area contributed by atoms with Crippen LogP contribution in [0.4, 0.5) is 0 Å². The molecule has 1 aliphatic rings. The zero-order chi connectivity index (χ0) is 16.7. The highest BCUT2D eigenvalue weighted by atomic mass is 80.0. The molecule has 1 aliphatic heterocycles. The lowest BCUT2D eigenvalue weighted by Crippen LogP contribution is -2.39. The van der Waals surface area contributed by atoms with Gasteiger partial charge in [-0.05, 0) is 25.5 Å². The fraction of sp³-hybridized carbons (Fsp3) is 0.333. The van der Waals surface area contributed by atoms with Gasteiger partial charge in [-0.15, -0.1) is 0 Å². The Morgan fingerprint density at radius 1 is 1.09 bits per heavy atom. The van der Waals surface area contributed by atoms with E-state index in [9.17, 15) is 0 Å². The minimum Gasteiger partial charge on any atom is -0.464 e. The first-order chi connectivity index (χ1) is 10.00. The van der Waals surface area contributed by atoms with Crippen LogP contribution in [0.3, 0.4) is 0 Å². The van der Waals surface area contributed by atoms with Gasteiger partial charge in [-0.25, -0.2) is 9.98 Å². The SMILES string of the molecule is C/C(=C1/N=C(C(Br)(Br)Br)N=C(C(Br)(Br)Br)N1)c1occc1C. The van der Waals surface area contributed by atoms with Gasteiger partial charge in [0.25, 0.3) is 0 Å². The molecule has 0 radical (unpaired) electrons. The number of hydrogen-bond acceptors (Lipinski definition) is 4. The normalized spacial score (nSPS) is 18.5. The molecule has 0 fully saturated rings. The first kappa shape index (κ1) is 19.4. The molecule has 120 valence electrons. The van der Waals surface area contributed by atoms with Gasteiger partial charge in [-0.1, -0.05) is 95.6 Å². The Bertz CT molecular complexity index is 678. The predicted octanol–water partition coefficient (Wildman–Crippen LogP) is 6.35. The van der Waals surface area contributed by atoms with Crippen LogP contribution in [-0.4, -0.2) is 16.0 Å². The van der Waals surface area contributed by atoms with Crippen molar-refractivity contribution in [2.75, 3.05) is 0 Å². The lowest BCUT2D eigenvalue weighted by molar-refractivity contribution is 0.549. The largest absolute Gasteiger partial charge is 0.464 e. The highest BCUT2D eigenvalue weighted by Gasteiger charge is 2.35. The average molecular weight is 691 g/mol. The summed E-state index contributed by atoms with van der Waals surface area (Å²) < 4.78 is 4.11. The van der Waals surface area contributed by atoms with Crippen molar-refractivity contribution in [3.05, 3.63) is 29.5 Å². The van der Waals surface area contributed by atoms with Crippen LogP contribution in [0.15, 0.2) is 32.6 Å². The molecular weight excluding hydrogens is 682 g/mol. The number of furan rings is 1. The zero-order valence-electron chi connectivity index (χ0n) is 11.2. The number of rotatable bonds is 1. The van der Waals surface area contributed by atoms with Gasteiger partial charge in [-0.3, -0.25) is 0 Å². The maximum absolute atomic E-state index is 5.54. The molecule has 0 amide bonds. The molecule has 1 N–H and O–H groups in total. The number of halogens is 6. The molecule has 1 aromatic heterocycles. The van der Waals surface area contributed by atoms with E-state index in [1.807, 2.05) is 19.9 Å². The first-order valence-electron chi connectivity index (χ1n) is 5.84. The quantitative estimate of drug-likeness (QED) is 0.350. The molecule has 4 nitrogen and oxygen atoms in total. The third-order valence-corrected chi connectivity index (χ3v) is 4.94. The molecule has 0 spiro atoms. The van der Waals surface area contributed by atoms with Crippen LogP contribution in [0, 0.1) is 6.92 Å². The Morgan fingerprint density at radius 3 is 2.18 bits per heavy atom. The summed E-state index contributed by atoms with van der Waals surface area (Å²) in [4.78, 5) is 9.02. The average Bonchev–Trinajstić information content (AvgIpc) is 2.81. The van der Waals surface area contributed by atoms with Crippen molar-refractivity contribution in [1.82, 2.24) is 5.32 Å². The van der Waals surface area contributed by atoms with Crippen molar-refractivity contribution in [2.45, 2.75) is 18.1 Å². The van der Waals surface area contributed by atoms with E-state index in [0.29, 0.717) is 17.5 Å². The Labute approximate surface area is 178 Å². The molecule has 10 heteroatoms. The van der Waals surface area contributed by atoms with Crippen molar-refractivity contribution < 1.29 is 4.42 Å². The Balaban J connectivity index is 2.57. The van der Waals surface area contributed by atoms with E-state index in [1.54, 1.807) is 6.26 Å². The lowest BCUT2D eigenvalue weighted by atomic mass is 10.1. The molecule has 2 rings (SSSR count). The number of allylic oxidation sites excluding steroid dienone is 1. The highest BCUT2D eigenvalue weighted by molar-refractivity contribution is 9.40. The fourth-order valence-electron chi connectivity index (χ4n) is 1.71. The molecule has 0 aromatic carbocycles. The van der Waals surface area contributed by atoms with Crippen LogP contribution in [0.5, 0.6) is 0 Å². The number of nitrogens with zero attached hydrogens (tertiary/aromatic N) is 2. The summed E-state index contributed by atoms with van der Waals surface area (Å²) in [7, 11) is 0. The molecule has 0 saturated carbocycles. The minimum atomic E-state index is -0.734. The van der Waals surface area contributed by atoms with Gasteiger partial charge in [0.05, 0.1) is 6.26 Å². The van der Waals surface area contributed by atoms with Crippen molar-refractivity contribution in [2.24, 2.45) is 9.98 Å². The minimum absolute atomic E-state index is 0.502. The maximum Gasteiger partial charge on any atom is 0.194 e. The van der Waals surface area contributed by atoms with E-state index in [1.165, 1.54) is 0 Å². The van der Waals surface area contributed by atoms with Crippen LogP contribution in [0.2, 0.25) is 0 Å². The predicted molar refractivity (Wildman–Crippen MR) is 113 cm³/mol. The van der Waals surface area contributed by atoms with E-state index >= 15 is 0 Å². The lowest BCUT2D eigenvalue weighted by Gasteiger charge is -2.25. The summed E-state index contributed by atoms with van der Waals surface area (Å²) in [6.07, 6.45) is 1.66. The molecule has 2 heterocycles. The smallest absolute Gasteiger partial charge is 0.194 e. The number of hydrogen-bond donors (Lipinski definition) is 1. The van der Waals surface area contributed by atoms with Crippen LogP contribution in [0.1, 0.15) is 18.2 Å². The Hall–Kier alpha value is 1.04. The van der Waals surface area contributed by atoms with Crippen LogP contribution >= 0.6 is 95.6 Å². The maximum atomic E-state index is 5.54. The molecular formula is C12H9Br6N3O. The molecule has 0 bridgehead atoms. The van der Waals surface area contributed by atoms with Gasteiger partial charge in [0.2, 0.25) is 0 Å². The summed E-state index contributed by atoms with van der Waals surface area (Å²) >= 11 is 20.8. The van der Waals surface area contributed by atoms with Gasteiger partial charge in [-0.2, -0.15) is 0 Å². The molecule has 0 unspecified atom stereocenters. The number of nitrogens with one attached hydrogen (secondary N) is 1. The Morgan fingerprint density at radius 2 is 1.73 bits per heavy atom. The van der Waals surface area contributed by atoms with E-state index < -0.39 is 4.29 Å². The van der Waals surface area contributed by atoms with E-state index in [-0.39, 0.29) is 0 Å². The van der Waals surface area contributed by atoms with Crippen molar-refractivity contribution >= 4 is 113 Å². The fourth-order valence-corrected chi connectivity index (χ4v) is 2.80. The number of amidine groups is 2. The first-order valence-corrected chi connectivity index (χ1v) is 10.6. The molecule has 0 atom stereocenters. The summed E-state index contributed by atoms with van der Waals surface area (Å²) in [6, 6.07) is 1.91. The van der Waals surface area contributed by atoms with Gasteiger partial charge in [0, 0.05) is 5.57 Å². The van der Waals surface area contributed by atoms with Crippen LogP contribution < -0.4 is 5.32 Å². The third-order valence-electron chi connectivity index (χ3n) is 2.75. The van der Waals surface area contributed by atoms with Gasteiger partial charge >= 0.3 is 0 Å². The van der Waals surface area contributed by atoms with E-state index in [4.69, 9.17) is 4.42 Å². The van der Waals surface area contributed by atoms with Gasteiger partial charge < -0.3 is 9.73 Å². The standard InChI is InChI=1S/C12H9Br6N3O/c1-5-3-4-22-7(5)6(2)8-19-9(11(13,14)15)21-10(20-8)12(16,17)18/h3-4H,1-2H3,(H,19,20,21). The second-order valence-electron chi connectivity index (χ2n) is 4.42. The summed E-state index contributed by atoms with van der Waals surface area (Å²) in [6.45, 7) is 3.92. The highest BCUT2D eigenvalue weighted by Crippen LogP contribution is 2.41. The van der Waals surface area contributed by atoms with Crippen molar-refractivity contribution in [1.29, 1.82) is 0 Å². The number of alkyl halides is 6. The van der Waals surface area contributed by atoms with Gasteiger partial charge in [0.1, 0.15) is 17.4 Å².